The zero-order valence-corrected chi connectivity index (χ0v) is 10.1. The third-order valence-corrected chi connectivity index (χ3v) is 3.01. The van der Waals surface area contributed by atoms with Crippen LogP contribution in [0.15, 0.2) is 24.3 Å². The number of benzene rings is 1. The minimum Gasteiger partial charge on any atom is -0.434 e. The normalized spacial score (nSPS) is 15.4. The summed E-state index contributed by atoms with van der Waals surface area (Å²) in [5, 5.41) is 9.01. The van der Waals surface area contributed by atoms with E-state index >= 15 is 0 Å². The number of halogens is 2. The van der Waals surface area contributed by atoms with E-state index in [1.165, 1.54) is 0 Å². The van der Waals surface area contributed by atoms with Crippen LogP contribution >= 0.6 is 0 Å². The van der Waals surface area contributed by atoms with Gasteiger partial charge in [0.15, 0.2) is 0 Å². The molecular weight excluding hydrogens is 240 g/mol. The van der Waals surface area contributed by atoms with Gasteiger partial charge >= 0.3 is 6.61 Å². The fraction of sp³-hybridized carbons (Fsp3) is 0.538. The molecule has 0 unspecified atom stereocenters. The fourth-order valence-electron chi connectivity index (χ4n) is 2.02. The summed E-state index contributed by atoms with van der Waals surface area (Å²) >= 11 is 0. The molecule has 1 aromatic rings. The molecule has 1 fully saturated rings. The number of hydrogen-bond donors (Lipinski definition) is 1. The molecule has 0 aromatic heterocycles. The summed E-state index contributed by atoms with van der Waals surface area (Å²) in [4.78, 5) is 2.10. The van der Waals surface area contributed by atoms with Gasteiger partial charge in [-0.25, -0.2) is 0 Å². The van der Waals surface area contributed by atoms with Crippen LogP contribution in [0.2, 0.25) is 0 Å². The highest BCUT2D eigenvalue weighted by atomic mass is 19.3. The van der Waals surface area contributed by atoms with Crippen LogP contribution in [-0.4, -0.2) is 35.8 Å². The molecule has 0 aliphatic heterocycles. The third-order valence-electron chi connectivity index (χ3n) is 3.01. The van der Waals surface area contributed by atoms with Gasteiger partial charge < -0.3 is 9.84 Å². The summed E-state index contributed by atoms with van der Waals surface area (Å²) in [6, 6.07) is 7.28. The van der Waals surface area contributed by atoms with E-state index in [0.717, 1.165) is 18.4 Å². The van der Waals surface area contributed by atoms with E-state index in [-0.39, 0.29) is 12.4 Å². The van der Waals surface area contributed by atoms with Crippen molar-refractivity contribution in [1.29, 1.82) is 0 Å². The van der Waals surface area contributed by atoms with Crippen LogP contribution in [0.4, 0.5) is 8.78 Å². The fourth-order valence-corrected chi connectivity index (χ4v) is 2.02. The second-order valence-electron chi connectivity index (χ2n) is 4.41. The maximum Gasteiger partial charge on any atom is 0.387 e. The molecule has 2 rings (SSSR count). The molecule has 3 nitrogen and oxygen atoms in total. The first-order valence-electron chi connectivity index (χ1n) is 6.08. The lowest BCUT2D eigenvalue weighted by molar-refractivity contribution is -0.0508. The minimum absolute atomic E-state index is 0.0777. The van der Waals surface area contributed by atoms with Crippen molar-refractivity contribution in [3.63, 3.8) is 0 Å². The molecule has 1 saturated carbocycles. The molecule has 18 heavy (non-hydrogen) atoms. The highest BCUT2D eigenvalue weighted by molar-refractivity contribution is 5.33. The number of aliphatic hydroxyl groups excluding tert-OH is 1. The highest BCUT2D eigenvalue weighted by Gasteiger charge is 2.29. The largest absolute Gasteiger partial charge is 0.434 e. The molecule has 0 saturated heterocycles. The zero-order valence-electron chi connectivity index (χ0n) is 10.1. The van der Waals surface area contributed by atoms with E-state index in [2.05, 4.69) is 9.64 Å². The number of hydrogen-bond acceptors (Lipinski definition) is 3. The lowest BCUT2D eigenvalue weighted by Gasteiger charge is -2.22. The van der Waals surface area contributed by atoms with Crippen LogP contribution in [0, 0.1) is 0 Å². The SMILES string of the molecule is OCCN(Cc1ccccc1OC(F)F)C1CC1. The molecule has 5 heteroatoms. The van der Waals surface area contributed by atoms with Gasteiger partial charge in [0.05, 0.1) is 6.61 Å². The summed E-state index contributed by atoms with van der Waals surface area (Å²) < 4.78 is 29.1. The van der Waals surface area contributed by atoms with Crippen molar-refractivity contribution in [2.24, 2.45) is 0 Å². The van der Waals surface area contributed by atoms with Crippen molar-refractivity contribution < 1.29 is 18.6 Å². The molecule has 0 atom stereocenters. The Hall–Kier alpha value is -1.20. The Labute approximate surface area is 105 Å². The lowest BCUT2D eigenvalue weighted by Crippen LogP contribution is -2.28. The summed E-state index contributed by atoms with van der Waals surface area (Å²) in [5.41, 5.74) is 0.734. The van der Waals surface area contributed by atoms with Crippen LogP contribution in [0.1, 0.15) is 18.4 Å². The monoisotopic (exact) mass is 257 g/mol. The van der Waals surface area contributed by atoms with Crippen molar-refractivity contribution in [2.45, 2.75) is 32.0 Å². The van der Waals surface area contributed by atoms with E-state index in [4.69, 9.17) is 5.11 Å². The smallest absolute Gasteiger partial charge is 0.387 e. The van der Waals surface area contributed by atoms with Gasteiger partial charge in [-0.2, -0.15) is 8.78 Å². The van der Waals surface area contributed by atoms with Crippen LogP contribution in [0.3, 0.4) is 0 Å². The Balaban J connectivity index is 2.06. The maximum absolute atomic E-state index is 12.3. The topological polar surface area (TPSA) is 32.7 Å². The predicted molar refractivity (Wildman–Crippen MR) is 63.6 cm³/mol. The van der Waals surface area contributed by atoms with Gasteiger partial charge in [0.2, 0.25) is 0 Å². The van der Waals surface area contributed by atoms with Crippen LogP contribution in [0.25, 0.3) is 0 Å². The van der Waals surface area contributed by atoms with Crippen molar-refractivity contribution >= 4 is 0 Å². The second-order valence-corrected chi connectivity index (χ2v) is 4.41. The Bertz CT molecular complexity index is 383. The van der Waals surface area contributed by atoms with Gasteiger partial charge in [-0.1, -0.05) is 18.2 Å². The Morgan fingerprint density at radius 3 is 2.67 bits per heavy atom. The standard InChI is InChI=1S/C13H17F2NO2/c14-13(15)18-12-4-2-1-3-10(12)9-16(7-8-17)11-5-6-11/h1-4,11,13,17H,5-9H2. The number of nitrogens with zero attached hydrogens (tertiary/aromatic N) is 1. The molecule has 0 bridgehead atoms. The average Bonchev–Trinajstić information content (AvgIpc) is 3.14. The zero-order chi connectivity index (χ0) is 13.0. The molecule has 1 aliphatic carbocycles. The first-order valence-corrected chi connectivity index (χ1v) is 6.08. The van der Waals surface area contributed by atoms with E-state index in [1.54, 1.807) is 24.3 Å². The summed E-state index contributed by atoms with van der Waals surface area (Å²) in [7, 11) is 0. The molecule has 1 N–H and O–H groups in total. The van der Waals surface area contributed by atoms with Crippen molar-refractivity contribution in [2.75, 3.05) is 13.2 Å². The van der Waals surface area contributed by atoms with Crippen LogP contribution < -0.4 is 4.74 Å². The quantitative estimate of drug-likeness (QED) is 0.813. The van der Waals surface area contributed by atoms with Crippen LogP contribution in [0.5, 0.6) is 5.75 Å². The number of alkyl halides is 2. The van der Waals surface area contributed by atoms with Gasteiger partial charge in [-0.05, 0) is 18.9 Å². The first-order chi connectivity index (χ1) is 8.70. The van der Waals surface area contributed by atoms with Crippen LogP contribution in [-0.2, 0) is 6.54 Å². The van der Waals surface area contributed by atoms with Gasteiger partial charge in [-0.15, -0.1) is 0 Å². The molecule has 1 aromatic carbocycles. The van der Waals surface area contributed by atoms with Gasteiger partial charge in [0.1, 0.15) is 5.75 Å². The maximum atomic E-state index is 12.3. The minimum atomic E-state index is -2.81. The van der Waals surface area contributed by atoms with Gasteiger partial charge in [0, 0.05) is 24.7 Å². The second kappa shape index (κ2) is 6.11. The van der Waals surface area contributed by atoms with E-state index < -0.39 is 6.61 Å². The molecule has 0 heterocycles. The number of aliphatic hydroxyl groups is 1. The van der Waals surface area contributed by atoms with E-state index in [1.807, 2.05) is 0 Å². The van der Waals surface area contributed by atoms with Crippen molar-refractivity contribution in [1.82, 2.24) is 4.90 Å². The van der Waals surface area contributed by atoms with Crippen molar-refractivity contribution in [3.8, 4) is 5.75 Å². The van der Waals surface area contributed by atoms with E-state index in [0.29, 0.717) is 19.1 Å². The Kier molecular flexibility index (Phi) is 4.49. The summed E-state index contributed by atoms with van der Waals surface area (Å²) in [6.45, 7) is -1.63. The molecule has 1 aliphatic rings. The van der Waals surface area contributed by atoms with E-state index in [9.17, 15) is 8.78 Å². The first kappa shape index (κ1) is 13.2. The Morgan fingerprint density at radius 2 is 2.06 bits per heavy atom. The van der Waals surface area contributed by atoms with Gasteiger partial charge in [-0.3, -0.25) is 4.90 Å². The summed E-state index contributed by atoms with van der Waals surface area (Å²) in [5.74, 6) is 0.219. The lowest BCUT2D eigenvalue weighted by atomic mass is 10.2. The molecule has 0 radical (unpaired) electrons. The Morgan fingerprint density at radius 1 is 1.33 bits per heavy atom. The van der Waals surface area contributed by atoms with Crippen molar-refractivity contribution in [3.05, 3.63) is 29.8 Å². The highest BCUT2D eigenvalue weighted by Crippen LogP contribution is 2.30. The van der Waals surface area contributed by atoms with Gasteiger partial charge in [0.25, 0.3) is 0 Å². The number of para-hydroxylation sites is 1. The molecule has 0 spiro atoms. The third kappa shape index (κ3) is 3.65. The predicted octanol–water partition coefficient (Wildman–Crippen LogP) is 2.24. The molecule has 100 valence electrons. The average molecular weight is 257 g/mol. The summed E-state index contributed by atoms with van der Waals surface area (Å²) in [6.07, 6.45) is 2.22. The molecular formula is C13H17F2NO2. The molecule has 0 amide bonds. The number of ether oxygens (including phenoxy) is 1. The number of rotatable bonds is 7.